The number of benzene rings is 2. The van der Waals surface area contributed by atoms with E-state index in [-0.39, 0.29) is 0 Å². The zero-order chi connectivity index (χ0) is 13.2. The molecule has 0 bridgehead atoms. The molecule has 1 heterocycles. The number of hydrogen-bond acceptors (Lipinski definition) is 2. The smallest absolute Gasteiger partial charge is 0.0843 e. The van der Waals surface area contributed by atoms with Crippen molar-refractivity contribution in [2.75, 3.05) is 0 Å². The maximum absolute atomic E-state index is 4.56. The molecule has 3 aromatic rings. The Morgan fingerprint density at radius 2 is 1.84 bits per heavy atom. The molecule has 0 aliphatic rings. The Balaban J connectivity index is 2.06. The Bertz CT molecular complexity index is 697. The molecule has 0 radical (unpaired) electrons. The molecule has 1 aromatic heterocycles. The molecule has 96 valence electrons. The maximum atomic E-state index is 4.56. The van der Waals surface area contributed by atoms with E-state index in [0.29, 0.717) is 5.92 Å². The van der Waals surface area contributed by atoms with Gasteiger partial charge in [0.1, 0.15) is 0 Å². The Morgan fingerprint density at radius 1 is 1.05 bits per heavy atom. The van der Waals surface area contributed by atoms with Gasteiger partial charge in [0.05, 0.1) is 11.2 Å². The minimum Gasteiger partial charge on any atom is -0.244 e. The lowest BCUT2D eigenvalue weighted by Gasteiger charge is -2.06. The van der Waals surface area contributed by atoms with Gasteiger partial charge in [-0.15, -0.1) is 11.3 Å². The van der Waals surface area contributed by atoms with Crippen LogP contribution in [0.2, 0.25) is 0 Å². The van der Waals surface area contributed by atoms with Gasteiger partial charge in [0, 0.05) is 10.4 Å². The minimum atomic E-state index is 0.666. The summed E-state index contributed by atoms with van der Waals surface area (Å²) in [5.74, 6) is 0.666. The molecule has 0 amide bonds. The van der Waals surface area contributed by atoms with Gasteiger partial charge in [-0.25, -0.2) is 4.98 Å². The van der Waals surface area contributed by atoms with Crippen molar-refractivity contribution in [1.82, 2.24) is 4.98 Å². The van der Waals surface area contributed by atoms with E-state index in [1.165, 1.54) is 21.2 Å². The van der Waals surface area contributed by atoms with Crippen LogP contribution in [0.1, 0.15) is 18.7 Å². The van der Waals surface area contributed by atoms with Crippen molar-refractivity contribution in [3.8, 4) is 11.3 Å². The van der Waals surface area contributed by atoms with Crippen molar-refractivity contribution in [3.05, 3.63) is 52.9 Å². The van der Waals surface area contributed by atoms with Crippen molar-refractivity contribution in [2.24, 2.45) is 5.92 Å². The van der Waals surface area contributed by atoms with Gasteiger partial charge in [-0.2, -0.15) is 0 Å². The number of aromatic nitrogens is 1. The second-order valence-electron chi connectivity index (χ2n) is 5.28. The second-order valence-corrected chi connectivity index (χ2v) is 6.22. The first-order valence-corrected chi connectivity index (χ1v) is 7.53. The average Bonchev–Trinajstić information content (AvgIpc) is 2.85. The van der Waals surface area contributed by atoms with Crippen molar-refractivity contribution >= 4 is 22.1 Å². The number of hydrogen-bond donors (Lipinski definition) is 0. The molecule has 19 heavy (non-hydrogen) atoms. The molecular formula is C17H17NS. The average molecular weight is 267 g/mol. The first-order valence-electron chi connectivity index (χ1n) is 6.65. The SMILES string of the molecule is CC(C)Cc1scnc1-c1ccc2ccccc2c1. The summed E-state index contributed by atoms with van der Waals surface area (Å²) in [6, 6.07) is 15.1. The van der Waals surface area contributed by atoms with Crippen LogP contribution in [-0.2, 0) is 6.42 Å². The third kappa shape index (κ3) is 2.54. The van der Waals surface area contributed by atoms with E-state index in [9.17, 15) is 0 Å². The predicted molar refractivity (Wildman–Crippen MR) is 83.6 cm³/mol. The Morgan fingerprint density at radius 3 is 2.63 bits per heavy atom. The molecule has 0 unspecified atom stereocenters. The van der Waals surface area contributed by atoms with E-state index in [1.54, 1.807) is 11.3 Å². The van der Waals surface area contributed by atoms with Crippen LogP contribution in [0.4, 0.5) is 0 Å². The minimum absolute atomic E-state index is 0.666. The van der Waals surface area contributed by atoms with E-state index >= 15 is 0 Å². The third-order valence-corrected chi connectivity index (χ3v) is 4.11. The Labute approximate surface area is 117 Å². The molecule has 2 heteroatoms. The van der Waals surface area contributed by atoms with E-state index < -0.39 is 0 Å². The number of rotatable bonds is 3. The summed E-state index contributed by atoms with van der Waals surface area (Å²) in [4.78, 5) is 5.96. The monoisotopic (exact) mass is 267 g/mol. The molecule has 0 aliphatic heterocycles. The molecule has 0 atom stereocenters. The maximum Gasteiger partial charge on any atom is 0.0843 e. The van der Waals surface area contributed by atoms with Crippen LogP contribution in [0.5, 0.6) is 0 Å². The molecule has 0 fully saturated rings. The molecule has 0 aliphatic carbocycles. The highest BCUT2D eigenvalue weighted by Crippen LogP contribution is 2.29. The lowest BCUT2D eigenvalue weighted by molar-refractivity contribution is 0.654. The van der Waals surface area contributed by atoms with Crippen LogP contribution in [0, 0.1) is 5.92 Å². The normalized spacial score (nSPS) is 11.3. The topological polar surface area (TPSA) is 12.9 Å². The van der Waals surface area contributed by atoms with Crippen LogP contribution in [-0.4, -0.2) is 4.98 Å². The molecule has 3 rings (SSSR count). The Hall–Kier alpha value is -1.67. The summed E-state index contributed by atoms with van der Waals surface area (Å²) >= 11 is 1.77. The van der Waals surface area contributed by atoms with Gasteiger partial charge in [0.2, 0.25) is 0 Å². The van der Waals surface area contributed by atoms with Crippen molar-refractivity contribution in [2.45, 2.75) is 20.3 Å². The first-order chi connectivity index (χ1) is 9.24. The molecule has 0 saturated heterocycles. The molecule has 0 N–H and O–H groups in total. The highest BCUT2D eigenvalue weighted by atomic mass is 32.1. The van der Waals surface area contributed by atoms with Crippen molar-refractivity contribution < 1.29 is 0 Å². The quantitative estimate of drug-likeness (QED) is 0.638. The fourth-order valence-electron chi connectivity index (χ4n) is 2.36. The summed E-state index contributed by atoms with van der Waals surface area (Å²) in [7, 11) is 0. The summed E-state index contributed by atoms with van der Waals surface area (Å²) in [6.45, 7) is 4.51. The third-order valence-electron chi connectivity index (χ3n) is 3.26. The highest BCUT2D eigenvalue weighted by Gasteiger charge is 2.10. The van der Waals surface area contributed by atoms with Gasteiger partial charge in [0.25, 0.3) is 0 Å². The summed E-state index contributed by atoms with van der Waals surface area (Å²) in [5.41, 5.74) is 4.35. The largest absolute Gasteiger partial charge is 0.244 e. The van der Waals surface area contributed by atoms with Gasteiger partial charge in [-0.1, -0.05) is 50.2 Å². The van der Waals surface area contributed by atoms with Crippen LogP contribution < -0.4 is 0 Å². The molecule has 0 saturated carbocycles. The van der Waals surface area contributed by atoms with E-state index in [4.69, 9.17) is 0 Å². The van der Waals surface area contributed by atoms with Gasteiger partial charge in [-0.3, -0.25) is 0 Å². The zero-order valence-corrected chi connectivity index (χ0v) is 12.1. The highest BCUT2D eigenvalue weighted by molar-refractivity contribution is 7.10. The fourth-order valence-corrected chi connectivity index (χ4v) is 3.36. The van der Waals surface area contributed by atoms with Gasteiger partial charge in [-0.05, 0) is 29.2 Å². The lowest BCUT2D eigenvalue weighted by atomic mass is 10.0. The molecule has 2 aromatic carbocycles. The van der Waals surface area contributed by atoms with Crippen LogP contribution in [0.25, 0.3) is 22.0 Å². The van der Waals surface area contributed by atoms with E-state index in [2.05, 4.69) is 61.3 Å². The summed E-state index contributed by atoms with van der Waals surface area (Å²) < 4.78 is 0. The fraction of sp³-hybridized carbons (Fsp3) is 0.235. The first kappa shape index (κ1) is 12.4. The van der Waals surface area contributed by atoms with Gasteiger partial charge < -0.3 is 0 Å². The second kappa shape index (κ2) is 5.14. The van der Waals surface area contributed by atoms with E-state index in [1.807, 2.05) is 5.51 Å². The van der Waals surface area contributed by atoms with Crippen LogP contribution in [0.15, 0.2) is 48.0 Å². The number of thiazole rings is 1. The molecule has 0 spiro atoms. The predicted octanol–water partition coefficient (Wildman–Crippen LogP) is 5.16. The lowest BCUT2D eigenvalue weighted by Crippen LogP contribution is -1.93. The van der Waals surface area contributed by atoms with Gasteiger partial charge in [0.15, 0.2) is 0 Å². The summed E-state index contributed by atoms with van der Waals surface area (Å²) in [6.07, 6.45) is 1.10. The van der Waals surface area contributed by atoms with E-state index in [0.717, 1.165) is 12.1 Å². The number of fused-ring (bicyclic) bond motifs is 1. The standard InChI is InChI=1S/C17H17NS/c1-12(2)9-16-17(18-11-19-16)15-8-7-13-5-3-4-6-14(13)10-15/h3-8,10-12H,9H2,1-2H3. The van der Waals surface area contributed by atoms with Crippen LogP contribution >= 0.6 is 11.3 Å². The zero-order valence-electron chi connectivity index (χ0n) is 11.3. The molecular weight excluding hydrogens is 250 g/mol. The number of nitrogens with zero attached hydrogens (tertiary/aromatic N) is 1. The van der Waals surface area contributed by atoms with Crippen molar-refractivity contribution in [3.63, 3.8) is 0 Å². The molecule has 1 nitrogen and oxygen atoms in total. The Kier molecular flexibility index (Phi) is 3.34. The van der Waals surface area contributed by atoms with Crippen molar-refractivity contribution in [1.29, 1.82) is 0 Å². The van der Waals surface area contributed by atoms with Gasteiger partial charge >= 0.3 is 0 Å². The summed E-state index contributed by atoms with van der Waals surface area (Å²) in [5, 5.41) is 2.57. The van der Waals surface area contributed by atoms with Crippen LogP contribution in [0.3, 0.4) is 0 Å².